The van der Waals surface area contributed by atoms with E-state index in [2.05, 4.69) is 4.98 Å². The van der Waals surface area contributed by atoms with Crippen molar-refractivity contribution < 1.29 is 9.90 Å². The maximum Gasteiger partial charge on any atom is 0.326 e. The van der Waals surface area contributed by atoms with E-state index in [1.807, 2.05) is 17.5 Å². The van der Waals surface area contributed by atoms with Crippen molar-refractivity contribution in [3.63, 3.8) is 0 Å². The minimum Gasteiger partial charge on any atom is -0.480 e. The fourth-order valence-electron chi connectivity index (χ4n) is 1.07. The predicted molar refractivity (Wildman–Crippen MR) is 60.0 cm³/mol. The summed E-state index contributed by atoms with van der Waals surface area (Å²) in [4.78, 5) is 15.9. The Labute approximate surface area is 94.0 Å². The van der Waals surface area contributed by atoms with E-state index >= 15 is 0 Å². The van der Waals surface area contributed by atoms with Gasteiger partial charge in [-0.1, -0.05) is 6.07 Å². The second-order valence-corrected chi connectivity index (χ2v) is 4.68. The van der Waals surface area contributed by atoms with Gasteiger partial charge in [0.2, 0.25) is 0 Å². The maximum atomic E-state index is 10.6. The monoisotopic (exact) mass is 240 g/mol. The van der Waals surface area contributed by atoms with Crippen LogP contribution in [0.1, 0.15) is 11.7 Å². The summed E-state index contributed by atoms with van der Waals surface area (Å²) in [6.07, 6.45) is 0. The molecule has 1 atom stereocenters. The molecule has 0 saturated heterocycles. The fraction of sp³-hybridized carbons (Fsp3) is 0.111. The predicted octanol–water partition coefficient (Wildman–Crippen LogP) is 1.96. The lowest BCUT2D eigenvalue weighted by molar-refractivity contribution is -0.138. The zero-order valence-corrected chi connectivity index (χ0v) is 9.22. The SMILES string of the molecule is NC(C(=O)O)c1csc(-c2cccs2)n1. The van der Waals surface area contributed by atoms with Gasteiger partial charge in [-0.3, -0.25) is 4.79 Å². The van der Waals surface area contributed by atoms with Gasteiger partial charge in [-0.2, -0.15) is 0 Å². The van der Waals surface area contributed by atoms with Crippen molar-refractivity contribution in [2.24, 2.45) is 5.73 Å². The Morgan fingerprint density at radius 1 is 1.53 bits per heavy atom. The van der Waals surface area contributed by atoms with Gasteiger partial charge in [0.05, 0.1) is 10.6 Å². The highest BCUT2D eigenvalue weighted by molar-refractivity contribution is 7.20. The molecular weight excluding hydrogens is 232 g/mol. The third-order valence-corrected chi connectivity index (χ3v) is 3.74. The van der Waals surface area contributed by atoms with Gasteiger partial charge in [-0.05, 0) is 11.4 Å². The Hall–Kier alpha value is -1.24. The first kappa shape index (κ1) is 10.3. The highest BCUT2D eigenvalue weighted by atomic mass is 32.1. The van der Waals surface area contributed by atoms with E-state index in [1.165, 1.54) is 11.3 Å². The van der Waals surface area contributed by atoms with Gasteiger partial charge in [-0.25, -0.2) is 4.98 Å². The van der Waals surface area contributed by atoms with Crippen LogP contribution in [0.5, 0.6) is 0 Å². The first-order chi connectivity index (χ1) is 7.18. The highest BCUT2D eigenvalue weighted by Gasteiger charge is 2.18. The van der Waals surface area contributed by atoms with Crippen LogP contribution in [0.2, 0.25) is 0 Å². The molecule has 0 aliphatic heterocycles. The van der Waals surface area contributed by atoms with Crippen LogP contribution in [0.3, 0.4) is 0 Å². The number of carboxylic acid groups (broad SMARTS) is 1. The minimum absolute atomic E-state index is 0.413. The summed E-state index contributed by atoms with van der Waals surface area (Å²) in [6.45, 7) is 0. The van der Waals surface area contributed by atoms with E-state index < -0.39 is 12.0 Å². The smallest absolute Gasteiger partial charge is 0.326 e. The molecule has 0 aromatic carbocycles. The third kappa shape index (κ3) is 2.06. The summed E-state index contributed by atoms with van der Waals surface area (Å²) in [5.74, 6) is -1.06. The molecule has 0 fully saturated rings. The molecule has 1 unspecified atom stereocenters. The molecule has 0 amide bonds. The number of aromatic nitrogens is 1. The molecule has 0 saturated carbocycles. The maximum absolute atomic E-state index is 10.6. The van der Waals surface area contributed by atoms with Crippen LogP contribution < -0.4 is 5.73 Å². The van der Waals surface area contributed by atoms with Crippen LogP contribution in [0.4, 0.5) is 0 Å². The summed E-state index contributed by atoms with van der Waals surface area (Å²) >= 11 is 2.98. The van der Waals surface area contributed by atoms with E-state index in [0.717, 1.165) is 9.88 Å². The zero-order chi connectivity index (χ0) is 10.8. The number of hydrogen-bond acceptors (Lipinski definition) is 5. The van der Waals surface area contributed by atoms with Gasteiger partial charge in [0, 0.05) is 5.38 Å². The number of aliphatic carboxylic acids is 1. The molecule has 2 aromatic heterocycles. The third-order valence-electron chi connectivity index (χ3n) is 1.84. The number of thiazole rings is 1. The van der Waals surface area contributed by atoms with E-state index in [1.54, 1.807) is 16.7 Å². The minimum atomic E-state index is -1.06. The molecule has 15 heavy (non-hydrogen) atoms. The summed E-state index contributed by atoms with van der Waals surface area (Å²) in [7, 11) is 0. The molecule has 0 aliphatic carbocycles. The molecule has 2 rings (SSSR count). The molecular formula is C9H8N2O2S2. The lowest BCUT2D eigenvalue weighted by atomic mass is 10.2. The zero-order valence-electron chi connectivity index (χ0n) is 7.58. The van der Waals surface area contributed by atoms with Crippen LogP contribution >= 0.6 is 22.7 Å². The second-order valence-electron chi connectivity index (χ2n) is 2.87. The van der Waals surface area contributed by atoms with Crippen LogP contribution in [0.25, 0.3) is 9.88 Å². The number of carbonyl (C=O) groups is 1. The fourth-order valence-corrected chi connectivity index (χ4v) is 2.74. The van der Waals surface area contributed by atoms with E-state index in [9.17, 15) is 4.79 Å². The molecule has 0 radical (unpaired) electrons. The normalized spacial score (nSPS) is 12.6. The number of rotatable bonds is 3. The first-order valence-corrected chi connectivity index (χ1v) is 5.92. The molecule has 78 valence electrons. The number of nitrogens with zero attached hydrogens (tertiary/aromatic N) is 1. The van der Waals surface area contributed by atoms with Crippen molar-refractivity contribution in [1.29, 1.82) is 0 Å². The van der Waals surface area contributed by atoms with Crippen LogP contribution in [0, 0.1) is 0 Å². The largest absolute Gasteiger partial charge is 0.480 e. The molecule has 0 aliphatic rings. The topological polar surface area (TPSA) is 76.2 Å². The van der Waals surface area contributed by atoms with Crippen LogP contribution in [-0.2, 0) is 4.79 Å². The van der Waals surface area contributed by atoms with Crippen molar-refractivity contribution in [2.75, 3.05) is 0 Å². The van der Waals surface area contributed by atoms with Crippen molar-refractivity contribution in [3.8, 4) is 9.88 Å². The second kappa shape index (κ2) is 4.09. The molecule has 2 heterocycles. The molecule has 0 bridgehead atoms. The van der Waals surface area contributed by atoms with Crippen molar-refractivity contribution in [3.05, 3.63) is 28.6 Å². The molecule has 0 spiro atoms. The first-order valence-electron chi connectivity index (χ1n) is 4.16. The Balaban J connectivity index is 2.28. The van der Waals surface area contributed by atoms with Crippen molar-refractivity contribution in [1.82, 2.24) is 4.98 Å². The van der Waals surface area contributed by atoms with Gasteiger partial charge < -0.3 is 10.8 Å². The van der Waals surface area contributed by atoms with E-state index in [0.29, 0.717) is 5.69 Å². The summed E-state index contributed by atoms with van der Waals surface area (Å²) in [6, 6.07) is 2.84. The molecule has 2 aromatic rings. The Morgan fingerprint density at radius 3 is 2.93 bits per heavy atom. The lowest BCUT2D eigenvalue weighted by Gasteiger charge is -2.00. The Bertz CT molecular complexity index is 464. The summed E-state index contributed by atoms with van der Waals surface area (Å²) in [5.41, 5.74) is 5.87. The van der Waals surface area contributed by atoms with E-state index in [-0.39, 0.29) is 0 Å². The number of carboxylic acids is 1. The van der Waals surface area contributed by atoms with Gasteiger partial charge in [0.25, 0.3) is 0 Å². The Kier molecular flexibility index (Phi) is 2.81. The van der Waals surface area contributed by atoms with Gasteiger partial charge in [0.1, 0.15) is 11.0 Å². The Morgan fingerprint density at radius 2 is 2.33 bits per heavy atom. The molecule has 6 heteroatoms. The summed E-state index contributed by atoms with van der Waals surface area (Å²) < 4.78 is 0. The van der Waals surface area contributed by atoms with Crippen molar-refractivity contribution >= 4 is 28.6 Å². The number of hydrogen-bond donors (Lipinski definition) is 2. The summed E-state index contributed by atoms with van der Waals surface area (Å²) in [5, 5.41) is 13.2. The van der Waals surface area contributed by atoms with Gasteiger partial charge in [-0.15, -0.1) is 22.7 Å². The quantitative estimate of drug-likeness (QED) is 0.859. The number of thiophene rings is 1. The average Bonchev–Trinajstić information content (AvgIpc) is 2.86. The lowest BCUT2D eigenvalue weighted by Crippen LogP contribution is -2.20. The van der Waals surface area contributed by atoms with Crippen LogP contribution in [0.15, 0.2) is 22.9 Å². The number of nitrogens with two attached hydrogens (primary N) is 1. The van der Waals surface area contributed by atoms with Gasteiger partial charge >= 0.3 is 5.97 Å². The molecule has 3 N–H and O–H groups in total. The average molecular weight is 240 g/mol. The van der Waals surface area contributed by atoms with Gasteiger partial charge in [0.15, 0.2) is 0 Å². The van der Waals surface area contributed by atoms with E-state index in [4.69, 9.17) is 10.8 Å². The molecule has 4 nitrogen and oxygen atoms in total. The van der Waals surface area contributed by atoms with Crippen molar-refractivity contribution in [2.45, 2.75) is 6.04 Å². The highest BCUT2D eigenvalue weighted by Crippen LogP contribution is 2.29. The standard InChI is InChI=1S/C9H8N2O2S2/c10-7(9(12)13)5-4-15-8(11-5)6-2-1-3-14-6/h1-4,7H,10H2,(H,12,13). The van der Waals surface area contributed by atoms with Crippen LogP contribution in [-0.4, -0.2) is 16.1 Å².